The zero-order chi connectivity index (χ0) is 7.40. The van der Waals surface area contributed by atoms with E-state index in [0.717, 1.165) is 0 Å². The van der Waals surface area contributed by atoms with Crippen LogP contribution >= 0.6 is 22.9 Å². The molecule has 0 N–H and O–H groups in total. The Bertz CT molecular complexity index is 211. The van der Waals surface area contributed by atoms with Gasteiger partial charge in [-0.25, -0.2) is 0 Å². The summed E-state index contributed by atoms with van der Waals surface area (Å²) < 4.78 is 0. The standard InChI is InChI=1S/C8H9ClS/c1-7(4-5-9)8-3-2-6-10-8/h2-4,6H,5H2,1H3/b7-4-. The Morgan fingerprint density at radius 2 is 2.60 bits per heavy atom. The zero-order valence-electron chi connectivity index (χ0n) is 5.80. The fourth-order valence-electron chi connectivity index (χ4n) is 0.719. The van der Waals surface area contributed by atoms with E-state index in [1.54, 1.807) is 11.3 Å². The van der Waals surface area contributed by atoms with Gasteiger partial charge < -0.3 is 0 Å². The fourth-order valence-corrected chi connectivity index (χ4v) is 1.68. The van der Waals surface area contributed by atoms with Gasteiger partial charge in [-0.2, -0.15) is 0 Å². The lowest BCUT2D eigenvalue weighted by atomic mass is 10.2. The number of halogens is 1. The van der Waals surface area contributed by atoms with Crippen LogP contribution in [0.1, 0.15) is 11.8 Å². The van der Waals surface area contributed by atoms with Gasteiger partial charge in [0.15, 0.2) is 0 Å². The van der Waals surface area contributed by atoms with Crippen LogP contribution in [0.5, 0.6) is 0 Å². The molecule has 0 saturated heterocycles. The zero-order valence-corrected chi connectivity index (χ0v) is 7.38. The highest BCUT2D eigenvalue weighted by Crippen LogP contribution is 2.18. The lowest BCUT2D eigenvalue weighted by Crippen LogP contribution is -1.71. The summed E-state index contributed by atoms with van der Waals surface area (Å²) in [6.45, 7) is 2.08. The molecule has 0 atom stereocenters. The average molecular weight is 173 g/mol. The Morgan fingerprint density at radius 1 is 1.80 bits per heavy atom. The Hall–Kier alpha value is -0.270. The second-order valence-corrected chi connectivity index (χ2v) is 3.28. The van der Waals surface area contributed by atoms with Gasteiger partial charge in [0.25, 0.3) is 0 Å². The minimum atomic E-state index is 0.601. The van der Waals surface area contributed by atoms with Crippen molar-refractivity contribution < 1.29 is 0 Å². The quantitative estimate of drug-likeness (QED) is 0.600. The average Bonchev–Trinajstić information content (AvgIpc) is 2.38. The molecule has 0 fully saturated rings. The van der Waals surface area contributed by atoms with Crippen molar-refractivity contribution >= 4 is 28.5 Å². The van der Waals surface area contributed by atoms with E-state index in [4.69, 9.17) is 11.6 Å². The van der Waals surface area contributed by atoms with E-state index in [1.807, 2.05) is 12.1 Å². The lowest BCUT2D eigenvalue weighted by Gasteiger charge is -1.92. The van der Waals surface area contributed by atoms with Gasteiger partial charge in [-0.3, -0.25) is 0 Å². The molecular formula is C8H9ClS. The van der Waals surface area contributed by atoms with Crippen molar-refractivity contribution in [2.75, 3.05) is 5.88 Å². The lowest BCUT2D eigenvalue weighted by molar-refractivity contribution is 1.64. The Kier molecular flexibility index (Phi) is 2.97. The van der Waals surface area contributed by atoms with Gasteiger partial charge >= 0.3 is 0 Å². The van der Waals surface area contributed by atoms with Gasteiger partial charge in [0.1, 0.15) is 0 Å². The normalized spacial score (nSPS) is 12.0. The van der Waals surface area contributed by atoms with Crippen LogP contribution in [0.2, 0.25) is 0 Å². The molecule has 0 bridgehead atoms. The molecule has 10 heavy (non-hydrogen) atoms. The largest absolute Gasteiger partial charge is 0.144 e. The van der Waals surface area contributed by atoms with Gasteiger partial charge in [0.2, 0.25) is 0 Å². The molecule has 0 aliphatic rings. The predicted molar refractivity (Wildman–Crippen MR) is 48.7 cm³/mol. The third kappa shape index (κ3) is 1.86. The van der Waals surface area contributed by atoms with Crippen molar-refractivity contribution in [3.8, 4) is 0 Å². The summed E-state index contributed by atoms with van der Waals surface area (Å²) in [4.78, 5) is 1.31. The van der Waals surface area contributed by atoms with E-state index in [9.17, 15) is 0 Å². The first-order chi connectivity index (χ1) is 4.84. The maximum absolute atomic E-state index is 5.54. The maximum Gasteiger partial charge on any atom is 0.0410 e. The first-order valence-corrected chi connectivity index (χ1v) is 4.52. The molecule has 0 saturated carbocycles. The minimum absolute atomic E-state index is 0.601. The molecule has 1 rings (SSSR count). The molecule has 54 valence electrons. The van der Waals surface area contributed by atoms with E-state index in [0.29, 0.717) is 5.88 Å². The van der Waals surface area contributed by atoms with E-state index < -0.39 is 0 Å². The summed E-state index contributed by atoms with van der Waals surface area (Å²) in [5, 5.41) is 2.07. The summed E-state index contributed by atoms with van der Waals surface area (Å²) in [6, 6.07) is 4.15. The van der Waals surface area contributed by atoms with Crippen molar-refractivity contribution in [1.82, 2.24) is 0 Å². The Balaban J connectivity index is 2.77. The van der Waals surface area contributed by atoms with Gasteiger partial charge in [-0.1, -0.05) is 12.1 Å². The van der Waals surface area contributed by atoms with Crippen molar-refractivity contribution in [3.63, 3.8) is 0 Å². The summed E-state index contributed by atoms with van der Waals surface area (Å²) in [6.07, 6.45) is 2.02. The second-order valence-electron chi connectivity index (χ2n) is 2.02. The van der Waals surface area contributed by atoms with Crippen molar-refractivity contribution in [1.29, 1.82) is 0 Å². The number of thiophene rings is 1. The van der Waals surface area contributed by atoms with Crippen LogP contribution in [-0.4, -0.2) is 5.88 Å². The number of allylic oxidation sites excluding steroid dienone is 2. The molecule has 0 aliphatic carbocycles. The van der Waals surface area contributed by atoms with E-state index in [2.05, 4.69) is 18.4 Å². The van der Waals surface area contributed by atoms with Crippen LogP contribution in [0.25, 0.3) is 5.57 Å². The van der Waals surface area contributed by atoms with Crippen molar-refractivity contribution in [2.45, 2.75) is 6.92 Å². The third-order valence-corrected chi connectivity index (χ3v) is 2.45. The summed E-state index contributed by atoms with van der Waals surface area (Å²) in [5.74, 6) is 0.601. The van der Waals surface area contributed by atoms with Gasteiger partial charge in [0, 0.05) is 10.8 Å². The third-order valence-electron chi connectivity index (χ3n) is 1.29. The fraction of sp³-hybridized carbons (Fsp3) is 0.250. The topological polar surface area (TPSA) is 0 Å². The minimum Gasteiger partial charge on any atom is -0.144 e. The number of rotatable bonds is 2. The highest BCUT2D eigenvalue weighted by molar-refractivity contribution is 7.11. The van der Waals surface area contributed by atoms with Gasteiger partial charge in [-0.05, 0) is 23.9 Å². The first-order valence-electron chi connectivity index (χ1n) is 3.11. The van der Waals surface area contributed by atoms with Crippen LogP contribution in [0.4, 0.5) is 0 Å². The molecule has 1 aromatic heterocycles. The number of alkyl halides is 1. The Labute approximate surface area is 70.1 Å². The molecule has 0 nitrogen and oxygen atoms in total. The van der Waals surface area contributed by atoms with E-state index in [-0.39, 0.29) is 0 Å². The summed E-state index contributed by atoms with van der Waals surface area (Å²) in [5.41, 5.74) is 1.27. The highest BCUT2D eigenvalue weighted by Gasteiger charge is 1.92. The van der Waals surface area contributed by atoms with E-state index >= 15 is 0 Å². The predicted octanol–water partition coefficient (Wildman–Crippen LogP) is 3.39. The van der Waals surface area contributed by atoms with E-state index in [1.165, 1.54) is 10.5 Å². The molecule has 0 aliphatic heterocycles. The molecule has 1 heterocycles. The van der Waals surface area contributed by atoms with Crippen molar-refractivity contribution in [3.05, 3.63) is 28.5 Å². The molecule has 0 spiro atoms. The molecule has 0 radical (unpaired) electrons. The van der Waals surface area contributed by atoms with Crippen LogP contribution in [0.15, 0.2) is 23.6 Å². The van der Waals surface area contributed by atoms with Crippen LogP contribution < -0.4 is 0 Å². The molecule has 0 unspecified atom stereocenters. The SMILES string of the molecule is C/C(=C/CCl)c1cccs1. The molecule has 0 aromatic carbocycles. The first kappa shape index (κ1) is 7.83. The summed E-state index contributed by atoms with van der Waals surface area (Å²) >= 11 is 7.29. The number of hydrogen-bond acceptors (Lipinski definition) is 1. The van der Waals surface area contributed by atoms with Gasteiger partial charge in [-0.15, -0.1) is 22.9 Å². The smallest absolute Gasteiger partial charge is 0.0410 e. The molecule has 0 amide bonds. The molecule has 1 aromatic rings. The summed E-state index contributed by atoms with van der Waals surface area (Å²) in [7, 11) is 0. The monoisotopic (exact) mass is 172 g/mol. The Morgan fingerprint density at radius 3 is 3.10 bits per heavy atom. The molecule has 2 heteroatoms. The van der Waals surface area contributed by atoms with Crippen LogP contribution in [-0.2, 0) is 0 Å². The van der Waals surface area contributed by atoms with Crippen molar-refractivity contribution in [2.24, 2.45) is 0 Å². The van der Waals surface area contributed by atoms with Crippen LogP contribution in [0, 0.1) is 0 Å². The number of hydrogen-bond donors (Lipinski definition) is 0. The van der Waals surface area contributed by atoms with Crippen LogP contribution in [0.3, 0.4) is 0 Å². The molecular weight excluding hydrogens is 164 g/mol. The second kappa shape index (κ2) is 3.79. The maximum atomic E-state index is 5.54. The highest BCUT2D eigenvalue weighted by atomic mass is 35.5. The van der Waals surface area contributed by atoms with Gasteiger partial charge in [0.05, 0.1) is 0 Å².